The second-order valence-corrected chi connectivity index (χ2v) is 6.06. The normalized spacial score (nSPS) is 20.5. The first-order valence-corrected chi connectivity index (χ1v) is 7.02. The molecular weight excluding hydrogens is 278 g/mol. The van der Waals surface area contributed by atoms with E-state index in [4.69, 9.17) is 5.73 Å². The summed E-state index contributed by atoms with van der Waals surface area (Å²) in [6.07, 6.45) is 3.97. The van der Waals surface area contributed by atoms with Crippen LogP contribution in [0.2, 0.25) is 0 Å². The van der Waals surface area contributed by atoms with Crippen LogP contribution in [0.15, 0.2) is 22.7 Å². The van der Waals surface area contributed by atoms with Crippen LogP contribution < -0.4 is 5.73 Å². The largest absolute Gasteiger partial charge is 0.388 e. The van der Waals surface area contributed by atoms with Crippen LogP contribution in [-0.2, 0) is 0 Å². The lowest BCUT2D eigenvalue weighted by molar-refractivity contribution is 0.0328. The van der Waals surface area contributed by atoms with E-state index in [1.807, 2.05) is 12.1 Å². The van der Waals surface area contributed by atoms with Crippen molar-refractivity contribution in [2.45, 2.75) is 38.7 Å². The van der Waals surface area contributed by atoms with Crippen molar-refractivity contribution in [3.05, 3.63) is 33.8 Å². The van der Waals surface area contributed by atoms with Crippen LogP contribution in [0.1, 0.15) is 42.9 Å². The molecule has 2 rings (SSSR count). The third-order valence-corrected chi connectivity index (χ3v) is 4.72. The quantitative estimate of drug-likeness (QED) is 0.899. The first kappa shape index (κ1) is 13.1. The molecule has 1 atom stereocenters. The number of benzene rings is 1. The van der Waals surface area contributed by atoms with Gasteiger partial charge >= 0.3 is 0 Å². The van der Waals surface area contributed by atoms with Crippen LogP contribution in [0.3, 0.4) is 0 Å². The van der Waals surface area contributed by atoms with Gasteiger partial charge < -0.3 is 10.8 Å². The van der Waals surface area contributed by atoms with E-state index in [2.05, 4.69) is 28.9 Å². The molecule has 0 amide bonds. The van der Waals surface area contributed by atoms with Gasteiger partial charge in [0.2, 0.25) is 0 Å². The molecule has 2 nitrogen and oxygen atoms in total. The lowest BCUT2D eigenvalue weighted by atomic mass is 9.77. The molecule has 94 valence electrons. The van der Waals surface area contributed by atoms with Gasteiger partial charge in [-0.05, 0) is 37.0 Å². The number of hydrogen-bond donors (Lipinski definition) is 2. The van der Waals surface area contributed by atoms with E-state index in [1.165, 1.54) is 18.4 Å². The van der Waals surface area contributed by atoms with Gasteiger partial charge in [-0.25, -0.2) is 0 Å². The Hall–Kier alpha value is -0.380. The summed E-state index contributed by atoms with van der Waals surface area (Å²) >= 11 is 3.55. The first-order chi connectivity index (χ1) is 8.09. The van der Waals surface area contributed by atoms with Gasteiger partial charge in [-0.1, -0.05) is 40.9 Å². The smallest absolute Gasteiger partial charge is 0.0869 e. The van der Waals surface area contributed by atoms with Crippen molar-refractivity contribution in [1.29, 1.82) is 0 Å². The van der Waals surface area contributed by atoms with Gasteiger partial charge in [0, 0.05) is 16.4 Å². The summed E-state index contributed by atoms with van der Waals surface area (Å²) in [6.45, 7) is 2.61. The number of nitrogens with two attached hydrogens (primary N) is 1. The molecule has 0 spiro atoms. The molecule has 1 aliphatic rings. The molecule has 0 heterocycles. The third-order valence-electron chi connectivity index (χ3n) is 4.04. The minimum atomic E-state index is -0.454. The molecule has 0 saturated heterocycles. The summed E-state index contributed by atoms with van der Waals surface area (Å²) in [5.41, 5.74) is 7.97. The van der Waals surface area contributed by atoms with E-state index in [9.17, 15) is 5.11 Å². The third kappa shape index (κ3) is 2.42. The molecule has 1 aromatic carbocycles. The number of aliphatic hydroxyl groups is 1. The van der Waals surface area contributed by atoms with Crippen LogP contribution in [0, 0.1) is 12.3 Å². The van der Waals surface area contributed by atoms with Crippen molar-refractivity contribution in [2.75, 3.05) is 6.54 Å². The summed E-state index contributed by atoms with van der Waals surface area (Å²) < 4.78 is 0.990. The Balaban J connectivity index is 2.32. The minimum absolute atomic E-state index is 0.113. The second kappa shape index (κ2) is 5.09. The van der Waals surface area contributed by atoms with Gasteiger partial charge in [-0.2, -0.15) is 0 Å². The Morgan fingerprint density at radius 1 is 1.41 bits per heavy atom. The molecule has 0 aromatic heterocycles. The van der Waals surface area contributed by atoms with Crippen molar-refractivity contribution in [2.24, 2.45) is 11.1 Å². The molecule has 0 radical (unpaired) electrons. The molecule has 1 fully saturated rings. The molecule has 0 bridgehead atoms. The Bertz CT molecular complexity index is 399. The van der Waals surface area contributed by atoms with Crippen LogP contribution in [0.5, 0.6) is 0 Å². The van der Waals surface area contributed by atoms with Crippen molar-refractivity contribution >= 4 is 15.9 Å². The molecule has 3 N–H and O–H groups in total. The van der Waals surface area contributed by atoms with E-state index < -0.39 is 6.10 Å². The summed E-state index contributed by atoms with van der Waals surface area (Å²) in [7, 11) is 0. The Labute approximate surface area is 111 Å². The maximum absolute atomic E-state index is 10.6. The van der Waals surface area contributed by atoms with E-state index >= 15 is 0 Å². The maximum atomic E-state index is 10.6. The number of aliphatic hydroxyl groups excluding tert-OH is 1. The number of hydrogen-bond acceptors (Lipinski definition) is 2. The Morgan fingerprint density at radius 2 is 2.06 bits per heavy atom. The van der Waals surface area contributed by atoms with Gasteiger partial charge in [0.25, 0.3) is 0 Å². The van der Waals surface area contributed by atoms with Crippen LogP contribution >= 0.6 is 15.9 Å². The fourth-order valence-electron chi connectivity index (χ4n) is 2.85. The van der Waals surface area contributed by atoms with E-state index in [-0.39, 0.29) is 5.41 Å². The van der Waals surface area contributed by atoms with Crippen molar-refractivity contribution in [3.8, 4) is 0 Å². The number of aryl methyl sites for hydroxylation is 1. The highest BCUT2D eigenvalue weighted by atomic mass is 79.9. The summed E-state index contributed by atoms with van der Waals surface area (Å²) in [5, 5.41) is 10.6. The predicted molar refractivity (Wildman–Crippen MR) is 73.8 cm³/mol. The average molecular weight is 298 g/mol. The maximum Gasteiger partial charge on any atom is 0.0869 e. The number of halogens is 1. The molecular formula is C14H20BrNO. The molecule has 1 saturated carbocycles. The van der Waals surface area contributed by atoms with E-state index in [0.29, 0.717) is 6.54 Å². The zero-order valence-corrected chi connectivity index (χ0v) is 11.8. The fraction of sp³-hybridized carbons (Fsp3) is 0.571. The summed E-state index contributed by atoms with van der Waals surface area (Å²) in [6, 6.07) is 6.11. The van der Waals surface area contributed by atoms with Gasteiger partial charge in [0.1, 0.15) is 0 Å². The second-order valence-electron chi connectivity index (χ2n) is 5.20. The highest BCUT2D eigenvalue weighted by molar-refractivity contribution is 9.10. The van der Waals surface area contributed by atoms with Crippen LogP contribution in [0.4, 0.5) is 0 Å². The van der Waals surface area contributed by atoms with E-state index in [1.54, 1.807) is 0 Å². The molecule has 0 aliphatic heterocycles. The highest BCUT2D eigenvalue weighted by Crippen LogP contribution is 2.48. The Morgan fingerprint density at radius 3 is 2.59 bits per heavy atom. The molecule has 1 aromatic rings. The SMILES string of the molecule is Cc1ccc(C(O)C2(CN)CCCC2)c(Br)c1. The lowest BCUT2D eigenvalue weighted by Crippen LogP contribution is -2.34. The molecule has 1 aliphatic carbocycles. The van der Waals surface area contributed by atoms with Crippen molar-refractivity contribution in [3.63, 3.8) is 0 Å². The zero-order chi connectivity index (χ0) is 12.5. The van der Waals surface area contributed by atoms with Crippen molar-refractivity contribution in [1.82, 2.24) is 0 Å². The average Bonchev–Trinajstić information content (AvgIpc) is 2.78. The topological polar surface area (TPSA) is 46.2 Å². The van der Waals surface area contributed by atoms with Crippen molar-refractivity contribution < 1.29 is 5.11 Å². The highest BCUT2D eigenvalue weighted by Gasteiger charge is 2.40. The summed E-state index contributed by atoms with van der Waals surface area (Å²) in [5.74, 6) is 0. The predicted octanol–water partition coefficient (Wildman–Crippen LogP) is 3.31. The molecule has 17 heavy (non-hydrogen) atoms. The van der Waals surface area contributed by atoms with Gasteiger partial charge in [0.05, 0.1) is 6.10 Å². The Kier molecular flexibility index (Phi) is 3.91. The first-order valence-electron chi connectivity index (χ1n) is 6.23. The number of rotatable bonds is 3. The van der Waals surface area contributed by atoms with Crippen LogP contribution in [0.25, 0.3) is 0 Å². The van der Waals surface area contributed by atoms with Crippen LogP contribution in [-0.4, -0.2) is 11.7 Å². The molecule has 1 unspecified atom stereocenters. The van der Waals surface area contributed by atoms with Gasteiger partial charge in [-0.15, -0.1) is 0 Å². The zero-order valence-electron chi connectivity index (χ0n) is 10.2. The summed E-state index contributed by atoms with van der Waals surface area (Å²) in [4.78, 5) is 0. The molecule has 3 heteroatoms. The van der Waals surface area contributed by atoms with Gasteiger partial charge in [0.15, 0.2) is 0 Å². The fourth-order valence-corrected chi connectivity index (χ4v) is 3.56. The lowest BCUT2D eigenvalue weighted by Gasteiger charge is -2.33. The monoisotopic (exact) mass is 297 g/mol. The van der Waals surface area contributed by atoms with E-state index in [0.717, 1.165) is 22.9 Å². The minimum Gasteiger partial charge on any atom is -0.388 e. The van der Waals surface area contributed by atoms with Gasteiger partial charge in [-0.3, -0.25) is 0 Å². The standard InChI is InChI=1S/C14H20BrNO/c1-10-4-5-11(12(15)8-10)13(17)14(9-16)6-2-3-7-14/h4-5,8,13,17H,2-3,6-7,9,16H2,1H3.